The normalized spacial score (nSPS) is 30.8. The highest BCUT2D eigenvalue weighted by atomic mass is 32.2. The fourth-order valence-electron chi connectivity index (χ4n) is 2.39. The second-order valence-electron chi connectivity index (χ2n) is 4.54. The smallest absolute Gasteiger partial charge is 0.231 e. The molecular weight excluding hydrogens is 222 g/mol. The van der Waals surface area contributed by atoms with E-state index in [2.05, 4.69) is 15.5 Å². The molecule has 0 spiro atoms. The van der Waals surface area contributed by atoms with Gasteiger partial charge in [0, 0.05) is 6.54 Å². The molecule has 2 aliphatic rings. The van der Waals surface area contributed by atoms with Crippen LogP contribution in [0, 0.1) is 0 Å². The Labute approximate surface area is 99.6 Å². The van der Waals surface area contributed by atoms with E-state index in [1.807, 2.05) is 11.8 Å². The quantitative estimate of drug-likeness (QED) is 0.856. The Morgan fingerprint density at radius 2 is 2.31 bits per heavy atom. The van der Waals surface area contributed by atoms with Gasteiger partial charge in [-0.15, -0.1) is 0 Å². The molecule has 0 saturated carbocycles. The van der Waals surface area contributed by atoms with Gasteiger partial charge in [-0.05, 0) is 38.0 Å². The molecule has 2 saturated heterocycles. The predicted octanol–water partition coefficient (Wildman–Crippen LogP) is 2.10. The van der Waals surface area contributed by atoms with E-state index in [-0.39, 0.29) is 0 Å². The van der Waals surface area contributed by atoms with Gasteiger partial charge in [0.05, 0.1) is 11.2 Å². The van der Waals surface area contributed by atoms with Crippen molar-refractivity contribution in [3.63, 3.8) is 0 Å². The summed E-state index contributed by atoms with van der Waals surface area (Å²) in [6.45, 7) is 2.11. The Balaban J connectivity index is 1.71. The molecule has 0 aromatic carbocycles. The maximum atomic E-state index is 5.40. The zero-order chi connectivity index (χ0) is 10.8. The van der Waals surface area contributed by atoms with Crippen molar-refractivity contribution in [2.24, 2.45) is 0 Å². The Bertz CT molecular complexity index is 343. The van der Waals surface area contributed by atoms with E-state index in [1.165, 1.54) is 31.4 Å². The Morgan fingerprint density at radius 1 is 1.31 bits per heavy atom. The summed E-state index contributed by atoms with van der Waals surface area (Å²) >= 11 is 1.95. The molecule has 1 N–H and O–H groups in total. The van der Waals surface area contributed by atoms with Gasteiger partial charge in [-0.2, -0.15) is 16.7 Å². The first-order valence-corrected chi connectivity index (χ1v) is 7.14. The lowest BCUT2D eigenvalue weighted by atomic mass is 10.00. The van der Waals surface area contributed by atoms with E-state index in [0.717, 1.165) is 24.8 Å². The summed E-state index contributed by atoms with van der Waals surface area (Å²) in [4.78, 5) is 4.58. The van der Waals surface area contributed by atoms with Crippen LogP contribution < -0.4 is 5.32 Å². The number of hydrogen-bond donors (Lipinski definition) is 1. The molecule has 2 aliphatic heterocycles. The molecule has 2 fully saturated rings. The van der Waals surface area contributed by atoms with E-state index in [1.54, 1.807) is 0 Å². The highest BCUT2D eigenvalue weighted by Gasteiger charge is 2.26. The molecular formula is C11H17N3OS. The average molecular weight is 239 g/mol. The lowest BCUT2D eigenvalue weighted by Gasteiger charge is -2.18. The third-order valence-electron chi connectivity index (χ3n) is 3.32. The molecule has 1 unspecified atom stereocenters. The van der Waals surface area contributed by atoms with Crippen molar-refractivity contribution < 1.29 is 4.52 Å². The van der Waals surface area contributed by atoms with Crippen LogP contribution in [0.5, 0.6) is 0 Å². The van der Waals surface area contributed by atoms with Crippen LogP contribution in [0.3, 0.4) is 0 Å². The van der Waals surface area contributed by atoms with Crippen LogP contribution >= 0.6 is 11.8 Å². The van der Waals surface area contributed by atoms with Gasteiger partial charge < -0.3 is 9.84 Å². The highest BCUT2D eigenvalue weighted by Crippen LogP contribution is 2.38. The number of rotatable bonds is 2. The van der Waals surface area contributed by atoms with Crippen LogP contribution in [-0.4, -0.2) is 29.0 Å². The van der Waals surface area contributed by atoms with E-state index < -0.39 is 0 Å². The Hall–Kier alpha value is -0.550. The number of thioether (sulfide) groups is 1. The molecule has 1 aromatic rings. The minimum absolute atomic E-state index is 0.432. The Morgan fingerprint density at radius 3 is 3.06 bits per heavy atom. The van der Waals surface area contributed by atoms with Crippen LogP contribution in [0.2, 0.25) is 0 Å². The lowest BCUT2D eigenvalue weighted by Crippen LogP contribution is -2.28. The topological polar surface area (TPSA) is 51.0 Å². The third kappa shape index (κ3) is 2.11. The molecule has 1 aromatic heterocycles. The number of nitrogens with one attached hydrogen (secondary N) is 1. The second-order valence-corrected chi connectivity index (χ2v) is 5.85. The molecule has 0 aliphatic carbocycles. The van der Waals surface area contributed by atoms with Crippen molar-refractivity contribution in [2.45, 2.75) is 36.9 Å². The average Bonchev–Trinajstić information content (AvgIpc) is 3.01. The van der Waals surface area contributed by atoms with Gasteiger partial charge in [0.15, 0.2) is 5.82 Å². The SMILES string of the molecule is C1CSC(c2noc([C@@H]3CCCNC3)n2)C1. The highest BCUT2D eigenvalue weighted by molar-refractivity contribution is 7.99. The molecule has 3 heterocycles. The van der Waals surface area contributed by atoms with Gasteiger partial charge in [-0.3, -0.25) is 0 Å². The summed E-state index contributed by atoms with van der Waals surface area (Å²) in [6, 6.07) is 0. The van der Waals surface area contributed by atoms with Crippen LogP contribution in [-0.2, 0) is 0 Å². The summed E-state index contributed by atoms with van der Waals surface area (Å²) in [6.07, 6.45) is 4.86. The van der Waals surface area contributed by atoms with Gasteiger partial charge in [0.1, 0.15) is 0 Å². The van der Waals surface area contributed by atoms with E-state index in [9.17, 15) is 0 Å². The van der Waals surface area contributed by atoms with Crippen LogP contribution in [0.25, 0.3) is 0 Å². The van der Waals surface area contributed by atoms with Gasteiger partial charge >= 0.3 is 0 Å². The summed E-state index contributed by atoms with van der Waals surface area (Å²) in [7, 11) is 0. The zero-order valence-corrected chi connectivity index (χ0v) is 10.1. The first-order valence-electron chi connectivity index (χ1n) is 6.09. The van der Waals surface area contributed by atoms with Crippen LogP contribution in [0.4, 0.5) is 0 Å². The number of piperidine rings is 1. The molecule has 5 heteroatoms. The van der Waals surface area contributed by atoms with Gasteiger partial charge in [-0.1, -0.05) is 5.16 Å². The van der Waals surface area contributed by atoms with Crippen molar-refractivity contribution in [3.8, 4) is 0 Å². The van der Waals surface area contributed by atoms with Gasteiger partial charge in [-0.25, -0.2) is 0 Å². The number of hydrogen-bond acceptors (Lipinski definition) is 5. The summed E-state index contributed by atoms with van der Waals surface area (Å²) < 4.78 is 5.40. The molecule has 2 atom stereocenters. The van der Waals surface area contributed by atoms with Crippen molar-refractivity contribution in [1.82, 2.24) is 15.5 Å². The monoisotopic (exact) mass is 239 g/mol. The summed E-state index contributed by atoms with van der Waals surface area (Å²) in [5, 5.41) is 8.00. The zero-order valence-electron chi connectivity index (χ0n) is 9.32. The van der Waals surface area contributed by atoms with Crippen molar-refractivity contribution >= 4 is 11.8 Å². The van der Waals surface area contributed by atoms with E-state index >= 15 is 0 Å². The maximum Gasteiger partial charge on any atom is 0.231 e. The van der Waals surface area contributed by atoms with Gasteiger partial charge in [0.25, 0.3) is 0 Å². The first kappa shape index (κ1) is 10.6. The fourth-order valence-corrected chi connectivity index (χ4v) is 3.58. The summed E-state index contributed by atoms with van der Waals surface area (Å²) in [5.41, 5.74) is 0. The lowest BCUT2D eigenvalue weighted by molar-refractivity contribution is 0.320. The largest absolute Gasteiger partial charge is 0.339 e. The third-order valence-corrected chi connectivity index (χ3v) is 4.69. The molecule has 88 valence electrons. The molecule has 0 radical (unpaired) electrons. The van der Waals surface area contributed by atoms with E-state index in [4.69, 9.17) is 4.52 Å². The number of nitrogens with zero attached hydrogens (tertiary/aromatic N) is 2. The minimum Gasteiger partial charge on any atom is -0.339 e. The fraction of sp³-hybridized carbons (Fsp3) is 0.818. The maximum absolute atomic E-state index is 5.40. The standard InChI is InChI=1S/C11H17N3OS/c1-3-8(7-12-5-1)11-13-10(14-15-11)9-4-2-6-16-9/h8-9,12H,1-7H2/t8-,9?/m1/s1. The number of aromatic nitrogens is 2. The summed E-state index contributed by atoms with van der Waals surface area (Å²) in [5.74, 6) is 3.43. The first-order chi connectivity index (χ1) is 7.93. The van der Waals surface area contributed by atoms with Crippen LogP contribution in [0.15, 0.2) is 4.52 Å². The van der Waals surface area contributed by atoms with E-state index in [0.29, 0.717) is 11.2 Å². The molecule has 0 bridgehead atoms. The Kier molecular flexibility index (Phi) is 3.15. The molecule has 0 amide bonds. The minimum atomic E-state index is 0.432. The van der Waals surface area contributed by atoms with Crippen molar-refractivity contribution in [3.05, 3.63) is 11.7 Å². The van der Waals surface area contributed by atoms with Crippen LogP contribution in [0.1, 0.15) is 48.6 Å². The van der Waals surface area contributed by atoms with Crippen molar-refractivity contribution in [1.29, 1.82) is 0 Å². The molecule has 3 rings (SSSR count). The second kappa shape index (κ2) is 4.75. The van der Waals surface area contributed by atoms with Crippen molar-refractivity contribution in [2.75, 3.05) is 18.8 Å². The van der Waals surface area contributed by atoms with Gasteiger partial charge in [0.2, 0.25) is 5.89 Å². The molecule has 4 nitrogen and oxygen atoms in total. The predicted molar refractivity (Wildman–Crippen MR) is 63.6 cm³/mol. The molecule has 16 heavy (non-hydrogen) atoms.